The van der Waals surface area contributed by atoms with Crippen molar-refractivity contribution in [2.75, 3.05) is 6.54 Å². The third kappa shape index (κ3) is 2.98. The van der Waals surface area contributed by atoms with Crippen molar-refractivity contribution in [2.45, 2.75) is 39.2 Å². The van der Waals surface area contributed by atoms with E-state index >= 15 is 0 Å². The van der Waals surface area contributed by atoms with Gasteiger partial charge in [0.1, 0.15) is 10.6 Å². The Morgan fingerprint density at radius 2 is 2.17 bits per heavy atom. The lowest BCUT2D eigenvalue weighted by atomic mass is 9.98. The van der Waals surface area contributed by atoms with Gasteiger partial charge in [-0.15, -0.1) is 11.3 Å². The number of nitrogens with one attached hydrogen (secondary N) is 1. The first-order valence-corrected chi connectivity index (χ1v) is 8.39. The van der Waals surface area contributed by atoms with Crippen LogP contribution in [0, 0.1) is 13.8 Å². The quantitative estimate of drug-likeness (QED) is 0.895. The molecule has 8 heteroatoms. The highest BCUT2D eigenvalue weighted by atomic mass is 32.1. The Hall–Kier alpha value is -2.22. The Kier molecular flexibility index (Phi) is 4.16. The summed E-state index contributed by atoms with van der Waals surface area (Å²) in [5.74, 6) is -0.580. The predicted octanol–water partition coefficient (Wildman–Crippen LogP) is 1.95. The van der Waals surface area contributed by atoms with Crippen LogP contribution in [0.25, 0.3) is 0 Å². The van der Waals surface area contributed by atoms with E-state index in [0.29, 0.717) is 11.4 Å². The van der Waals surface area contributed by atoms with Crippen LogP contribution < -0.4 is 5.73 Å². The molecule has 0 saturated carbocycles. The summed E-state index contributed by atoms with van der Waals surface area (Å²) in [6, 6.07) is 1.53. The van der Waals surface area contributed by atoms with Gasteiger partial charge in [0.05, 0.1) is 22.4 Å². The fourth-order valence-electron chi connectivity index (χ4n) is 2.99. The molecule has 0 aromatic carbocycles. The van der Waals surface area contributed by atoms with E-state index in [2.05, 4.69) is 15.2 Å². The topological polar surface area (TPSA) is 105 Å². The first-order valence-electron chi connectivity index (χ1n) is 7.57. The first-order chi connectivity index (χ1) is 11.0. The van der Waals surface area contributed by atoms with Crippen molar-refractivity contribution in [1.82, 2.24) is 20.1 Å². The van der Waals surface area contributed by atoms with Gasteiger partial charge in [-0.25, -0.2) is 4.98 Å². The van der Waals surface area contributed by atoms with Gasteiger partial charge < -0.3 is 10.6 Å². The van der Waals surface area contributed by atoms with Crippen LogP contribution >= 0.6 is 11.3 Å². The number of aryl methyl sites for hydroxylation is 2. The summed E-state index contributed by atoms with van der Waals surface area (Å²) >= 11 is 1.42. The van der Waals surface area contributed by atoms with Crippen molar-refractivity contribution in [1.29, 1.82) is 0 Å². The number of aromatic amines is 1. The monoisotopic (exact) mass is 333 g/mol. The number of H-pyrrole nitrogens is 1. The third-order valence-electron chi connectivity index (χ3n) is 4.07. The minimum atomic E-state index is -0.574. The largest absolute Gasteiger partial charge is 0.364 e. The lowest BCUT2D eigenvalue weighted by Gasteiger charge is -2.34. The van der Waals surface area contributed by atoms with E-state index in [1.165, 1.54) is 11.3 Å². The van der Waals surface area contributed by atoms with E-state index in [1.54, 1.807) is 6.07 Å². The number of nitrogens with zero attached hydrogens (tertiary/aromatic N) is 3. The second kappa shape index (κ2) is 6.11. The van der Waals surface area contributed by atoms with Gasteiger partial charge >= 0.3 is 0 Å². The maximum atomic E-state index is 12.9. The van der Waals surface area contributed by atoms with Gasteiger partial charge in [-0.2, -0.15) is 5.10 Å². The van der Waals surface area contributed by atoms with Gasteiger partial charge in [-0.1, -0.05) is 0 Å². The highest BCUT2D eigenvalue weighted by Gasteiger charge is 2.32. The van der Waals surface area contributed by atoms with Crippen molar-refractivity contribution in [2.24, 2.45) is 5.73 Å². The predicted molar refractivity (Wildman–Crippen MR) is 86.3 cm³/mol. The molecule has 2 amide bonds. The highest BCUT2D eigenvalue weighted by molar-refractivity contribution is 7.13. The minimum Gasteiger partial charge on any atom is -0.364 e. The molecule has 2 aromatic heterocycles. The van der Waals surface area contributed by atoms with Gasteiger partial charge in [0.2, 0.25) is 0 Å². The van der Waals surface area contributed by atoms with Crippen LogP contribution in [0.5, 0.6) is 0 Å². The van der Waals surface area contributed by atoms with E-state index in [1.807, 2.05) is 18.7 Å². The fourth-order valence-corrected chi connectivity index (χ4v) is 3.87. The second-order valence-corrected chi connectivity index (χ2v) is 6.93. The number of carbonyl (C=O) groups is 2. The summed E-state index contributed by atoms with van der Waals surface area (Å²) in [4.78, 5) is 31.0. The number of carbonyl (C=O) groups excluding carboxylic acids is 2. The summed E-state index contributed by atoms with van der Waals surface area (Å²) < 4.78 is 0. The Morgan fingerprint density at radius 3 is 2.78 bits per heavy atom. The normalized spacial score (nSPS) is 18.2. The number of hydrogen-bond acceptors (Lipinski definition) is 5. The molecule has 0 unspecified atom stereocenters. The van der Waals surface area contributed by atoms with Crippen molar-refractivity contribution in [3.8, 4) is 0 Å². The molecule has 1 saturated heterocycles. The maximum Gasteiger partial charge on any atom is 0.269 e. The molecule has 122 valence electrons. The van der Waals surface area contributed by atoms with E-state index in [4.69, 9.17) is 5.73 Å². The van der Waals surface area contributed by atoms with Gasteiger partial charge in [-0.05, 0) is 39.2 Å². The molecule has 0 radical (unpaired) electrons. The van der Waals surface area contributed by atoms with Crippen LogP contribution in [0.2, 0.25) is 0 Å². The summed E-state index contributed by atoms with van der Waals surface area (Å²) in [5, 5.41) is 7.67. The fraction of sp³-hybridized carbons (Fsp3) is 0.467. The number of aromatic nitrogens is 3. The zero-order valence-electron chi connectivity index (χ0n) is 13.1. The molecule has 1 fully saturated rings. The number of rotatable bonds is 3. The van der Waals surface area contributed by atoms with Crippen LogP contribution in [0.15, 0.2) is 6.07 Å². The van der Waals surface area contributed by atoms with E-state index in [-0.39, 0.29) is 17.6 Å². The SMILES string of the molecule is Cc1nc(C)c(C(=O)N2CCCC[C@H]2c2cc(C(N)=O)n[nH]2)s1. The van der Waals surface area contributed by atoms with Gasteiger partial charge in [0.25, 0.3) is 11.8 Å². The Morgan fingerprint density at radius 1 is 1.39 bits per heavy atom. The summed E-state index contributed by atoms with van der Waals surface area (Å²) in [6.45, 7) is 4.44. The average Bonchev–Trinajstić information content (AvgIpc) is 3.13. The average molecular weight is 333 g/mol. The first kappa shape index (κ1) is 15.7. The van der Waals surface area contributed by atoms with E-state index in [9.17, 15) is 9.59 Å². The zero-order valence-corrected chi connectivity index (χ0v) is 13.9. The van der Waals surface area contributed by atoms with Crippen LogP contribution in [-0.2, 0) is 0 Å². The zero-order chi connectivity index (χ0) is 16.6. The molecule has 2 aromatic rings. The maximum absolute atomic E-state index is 12.9. The van der Waals surface area contributed by atoms with Crippen molar-refractivity contribution >= 4 is 23.2 Å². The van der Waals surface area contributed by atoms with Gasteiger partial charge in [0.15, 0.2) is 0 Å². The molecular weight excluding hydrogens is 314 g/mol. The third-order valence-corrected chi connectivity index (χ3v) is 5.13. The highest BCUT2D eigenvalue weighted by Crippen LogP contribution is 2.33. The molecule has 3 N–H and O–H groups in total. The molecule has 0 aliphatic carbocycles. The van der Waals surface area contributed by atoms with E-state index < -0.39 is 5.91 Å². The molecular formula is C15H19N5O2S. The number of hydrogen-bond donors (Lipinski definition) is 2. The number of likely N-dealkylation sites (tertiary alicyclic amines) is 1. The van der Waals surface area contributed by atoms with Crippen LogP contribution in [0.3, 0.4) is 0 Å². The standard InChI is InChI=1S/C15H19N5O2S/c1-8-13(23-9(2)17-8)15(22)20-6-4-3-5-12(20)10-7-11(14(16)21)19-18-10/h7,12H,3-6H2,1-2H3,(H2,16,21)(H,18,19)/t12-/m0/s1. The van der Waals surface area contributed by atoms with Gasteiger partial charge in [-0.3, -0.25) is 14.7 Å². The Bertz CT molecular complexity index is 751. The molecule has 23 heavy (non-hydrogen) atoms. The summed E-state index contributed by atoms with van der Waals surface area (Å²) in [6.07, 6.45) is 2.83. The van der Waals surface area contributed by atoms with Crippen LogP contribution in [0.1, 0.15) is 61.9 Å². The molecule has 1 atom stereocenters. The summed E-state index contributed by atoms with van der Waals surface area (Å²) in [5.41, 5.74) is 6.98. The minimum absolute atomic E-state index is 0.00646. The van der Waals surface area contributed by atoms with Crippen molar-refractivity contribution in [3.63, 3.8) is 0 Å². The lowest BCUT2D eigenvalue weighted by molar-refractivity contribution is 0.0610. The smallest absolute Gasteiger partial charge is 0.269 e. The molecule has 3 heterocycles. The second-order valence-electron chi connectivity index (χ2n) is 5.73. The Labute approximate surface area is 137 Å². The lowest BCUT2D eigenvalue weighted by Crippen LogP contribution is -2.38. The number of piperidine rings is 1. The molecule has 0 bridgehead atoms. The number of nitrogens with two attached hydrogens (primary N) is 1. The molecule has 1 aliphatic rings. The molecule has 1 aliphatic heterocycles. The number of primary amides is 1. The number of thiazole rings is 1. The number of amides is 2. The van der Waals surface area contributed by atoms with Crippen molar-refractivity contribution in [3.05, 3.63) is 33.0 Å². The molecule has 0 spiro atoms. The van der Waals surface area contributed by atoms with Crippen molar-refractivity contribution < 1.29 is 9.59 Å². The van der Waals surface area contributed by atoms with Crippen LogP contribution in [-0.4, -0.2) is 38.4 Å². The van der Waals surface area contributed by atoms with Crippen LogP contribution in [0.4, 0.5) is 0 Å². The summed E-state index contributed by atoms with van der Waals surface area (Å²) in [7, 11) is 0. The molecule has 3 rings (SSSR count). The Balaban J connectivity index is 1.90. The van der Waals surface area contributed by atoms with E-state index in [0.717, 1.165) is 35.7 Å². The molecule has 7 nitrogen and oxygen atoms in total. The van der Waals surface area contributed by atoms with Gasteiger partial charge in [0, 0.05) is 6.54 Å².